The number of hydrogen-bond donors (Lipinski definition) is 1. The van der Waals surface area contributed by atoms with Crippen LogP contribution < -0.4 is 10.2 Å². The zero-order chi connectivity index (χ0) is 16.4. The molecule has 1 aromatic carbocycles. The molecule has 0 spiro atoms. The molecule has 3 heterocycles. The number of anilines is 2. The maximum absolute atomic E-state index is 14.5. The second-order valence-corrected chi connectivity index (χ2v) is 7.18. The fourth-order valence-corrected chi connectivity index (χ4v) is 3.60. The first-order valence-electron chi connectivity index (χ1n) is 7.39. The Labute approximate surface area is 137 Å². The average Bonchev–Trinajstić information content (AvgIpc) is 2.94. The van der Waals surface area contributed by atoms with Crippen LogP contribution >= 0.6 is 11.6 Å². The van der Waals surface area contributed by atoms with Crippen molar-refractivity contribution >= 4 is 23.0 Å². The lowest BCUT2D eigenvalue weighted by Crippen LogP contribution is -2.28. The van der Waals surface area contributed by atoms with E-state index in [0.717, 1.165) is 24.8 Å². The van der Waals surface area contributed by atoms with Crippen molar-refractivity contribution in [3.05, 3.63) is 35.2 Å². The number of nitrogens with one attached hydrogen (secondary N) is 1. The molecule has 120 valence electrons. The summed E-state index contributed by atoms with van der Waals surface area (Å²) < 4.78 is 28.5. The molecule has 0 bridgehead atoms. The highest BCUT2D eigenvalue weighted by Gasteiger charge is 2.43. The van der Waals surface area contributed by atoms with E-state index in [1.165, 1.54) is 6.07 Å². The maximum atomic E-state index is 14.5. The van der Waals surface area contributed by atoms with E-state index in [4.69, 9.17) is 11.6 Å². The molecule has 2 aliphatic heterocycles. The lowest BCUT2D eigenvalue weighted by atomic mass is 9.92. The van der Waals surface area contributed by atoms with Gasteiger partial charge in [-0.15, -0.1) is 0 Å². The molecular formula is C16H15ClF2N4. The fraction of sp³-hybridized carbons (Fsp3) is 0.375. The van der Waals surface area contributed by atoms with Gasteiger partial charge >= 0.3 is 0 Å². The highest BCUT2D eigenvalue weighted by atomic mass is 35.5. The van der Waals surface area contributed by atoms with Gasteiger partial charge in [-0.3, -0.25) is 0 Å². The van der Waals surface area contributed by atoms with Crippen LogP contribution in [0, 0.1) is 17.0 Å². The van der Waals surface area contributed by atoms with E-state index in [1.807, 2.05) is 0 Å². The van der Waals surface area contributed by atoms with Crippen LogP contribution in [0.5, 0.6) is 0 Å². The van der Waals surface area contributed by atoms with Crippen LogP contribution in [0.2, 0.25) is 5.28 Å². The van der Waals surface area contributed by atoms with Crippen molar-refractivity contribution in [3.63, 3.8) is 0 Å². The third kappa shape index (κ3) is 2.32. The monoisotopic (exact) mass is 336 g/mol. The van der Waals surface area contributed by atoms with Crippen molar-refractivity contribution < 1.29 is 8.78 Å². The fourth-order valence-electron chi connectivity index (χ4n) is 3.46. The van der Waals surface area contributed by atoms with Gasteiger partial charge in [-0.1, -0.05) is 13.8 Å². The molecule has 0 aliphatic carbocycles. The third-order valence-corrected chi connectivity index (χ3v) is 4.58. The molecule has 2 aliphatic rings. The number of benzene rings is 1. The van der Waals surface area contributed by atoms with Gasteiger partial charge in [0.1, 0.15) is 11.5 Å². The summed E-state index contributed by atoms with van der Waals surface area (Å²) in [6.07, 6.45) is 1.99. The molecule has 1 atom stereocenters. The lowest BCUT2D eigenvalue weighted by molar-refractivity contribution is 0.407. The minimum Gasteiger partial charge on any atom is -0.361 e. The Balaban J connectivity index is 1.83. The van der Waals surface area contributed by atoms with Gasteiger partial charge in [0, 0.05) is 12.1 Å². The summed E-state index contributed by atoms with van der Waals surface area (Å²) in [6, 6.07) is 3.04. The molecule has 0 radical (unpaired) electrons. The normalized spacial score (nSPS) is 21.1. The Hall–Kier alpha value is -1.95. The standard InChI is InChI=1S/C16H15ClF2N4/c1-16(2)5-12-21-14-9(18)3-8(4-11(14)23(12)7-16)13-10(19)6-20-15(17)22-13/h3-4,6,12,21H,5,7H2,1-2H3. The first-order chi connectivity index (χ1) is 10.8. The largest absolute Gasteiger partial charge is 0.361 e. The Morgan fingerprint density at radius 2 is 2.09 bits per heavy atom. The number of hydrogen-bond acceptors (Lipinski definition) is 4. The minimum atomic E-state index is -0.627. The summed E-state index contributed by atoms with van der Waals surface area (Å²) in [5.74, 6) is -1.04. The predicted molar refractivity (Wildman–Crippen MR) is 85.5 cm³/mol. The van der Waals surface area contributed by atoms with Crippen molar-refractivity contribution in [2.45, 2.75) is 26.4 Å². The Kier molecular flexibility index (Phi) is 3.04. The van der Waals surface area contributed by atoms with E-state index < -0.39 is 11.6 Å². The van der Waals surface area contributed by atoms with Crippen LogP contribution in [0.1, 0.15) is 20.3 Å². The molecule has 4 nitrogen and oxygen atoms in total. The first kappa shape index (κ1) is 14.6. The molecule has 1 aromatic heterocycles. The van der Waals surface area contributed by atoms with Gasteiger partial charge in [0.15, 0.2) is 5.82 Å². The summed E-state index contributed by atoms with van der Waals surface area (Å²) in [5, 5.41) is 3.15. The summed E-state index contributed by atoms with van der Waals surface area (Å²) in [4.78, 5) is 9.62. The summed E-state index contributed by atoms with van der Waals surface area (Å²) in [7, 11) is 0. The van der Waals surface area contributed by atoms with Crippen LogP contribution in [0.3, 0.4) is 0 Å². The van der Waals surface area contributed by atoms with Gasteiger partial charge in [-0.25, -0.2) is 18.7 Å². The Morgan fingerprint density at radius 3 is 2.87 bits per heavy atom. The topological polar surface area (TPSA) is 41.1 Å². The molecule has 0 saturated carbocycles. The quantitative estimate of drug-likeness (QED) is 0.797. The minimum absolute atomic E-state index is 0.00797. The Morgan fingerprint density at radius 1 is 1.30 bits per heavy atom. The van der Waals surface area contributed by atoms with Crippen LogP contribution in [0.4, 0.5) is 20.2 Å². The second-order valence-electron chi connectivity index (χ2n) is 6.84. The second kappa shape index (κ2) is 4.77. The first-order valence-corrected chi connectivity index (χ1v) is 7.77. The van der Waals surface area contributed by atoms with Gasteiger partial charge in [0.05, 0.1) is 23.7 Å². The van der Waals surface area contributed by atoms with Gasteiger partial charge < -0.3 is 10.2 Å². The highest BCUT2D eigenvalue weighted by molar-refractivity contribution is 6.28. The number of fused-ring (bicyclic) bond motifs is 3. The van der Waals surface area contributed by atoms with Crippen molar-refractivity contribution in [3.8, 4) is 11.3 Å². The average molecular weight is 337 g/mol. The van der Waals surface area contributed by atoms with Gasteiger partial charge in [-0.2, -0.15) is 0 Å². The van der Waals surface area contributed by atoms with Crippen LogP contribution in [-0.2, 0) is 0 Å². The number of rotatable bonds is 1. The SMILES string of the molecule is CC1(C)CC2Nc3c(F)cc(-c4nc(Cl)ncc4F)cc3N2C1. The molecular weight excluding hydrogens is 322 g/mol. The van der Waals surface area contributed by atoms with Crippen molar-refractivity contribution in [2.24, 2.45) is 5.41 Å². The van der Waals surface area contributed by atoms with Gasteiger partial charge in [0.2, 0.25) is 5.28 Å². The van der Waals surface area contributed by atoms with Crippen molar-refractivity contribution in [1.82, 2.24) is 9.97 Å². The number of halogens is 3. The van der Waals surface area contributed by atoms with E-state index in [1.54, 1.807) is 6.07 Å². The molecule has 23 heavy (non-hydrogen) atoms. The predicted octanol–water partition coefficient (Wildman–Crippen LogP) is 4.06. The lowest BCUT2D eigenvalue weighted by Gasteiger charge is -2.20. The number of nitrogens with zero attached hydrogens (tertiary/aromatic N) is 3. The van der Waals surface area contributed by atoms with E-state index in [2.05, 4.69) is 34.0 Å². The molecule has 2 aromatic rings. The molecule has 1 fully saturated rings. The molecule has 1 unspecified atom stereocenters. The zero-order valence-electron chi connectivity index (χ0n) is 12.7. The van der Waals surface area contributed by atoms with Crippen molar-refractivity contribution in [2.75, 3.05) is 16.8 Å². The molecule has 1 saturated heterocycles. The van der Waals surface area contributed by atoms with Crippen LogP contribution in [0.25, 0.3) is 11.3 Å². The molecule has 4 rings (SSSR count). The maximum Gasteiger partial charge on any atom is 0.223 e. The summed E-state index contributed by atoms with van der Waals surface area (Å²) in [5.41, 5.74) is 1.72. The zero-order valence-corrected chi connectivity index (χ0v) is 13.5. The third-order valence-electron chi connectivity index (χ3n) is 4.40. The summed E-state index contributed by atoms with van der Waals surface area (Å²) >= 11 is 5.74. The van der Waals surface area contributed by atoms with E-state index >= 15 is 0 Å². The van der Waals surface area contributed by atoms with E-state index in [0.29, 0.717) is 11.3 Å². The van der Waals surface area contributed by atoms with E-state index in [-0.39, 0.29) is 22.6 Å². The smallest absolute Gasteiger partial charge is 0.223 e. The molecule has 1 N–H and O–H groups in total. The molecule has 0 amide bonds. The van der Waals surface area contributed by atoms with Crippen LogP contribution in [-0.4, -0.2) is 22.7 Å². The van der Waals surface area contributed by atoms with Crippen LogP contribution in [0.15, 0.2) is 18.3 Å². The van der Waals surface area contributed by atoms with E-state index in [9.17, 15) is 8.78 Å². The number of aromatic nitrogens is 2. The van der Waals surface area contributed by atoms with Gasteiger partial charge in [-0.05, 0) is 35.6 Å². The summed E-state index contributed by atoms with van der Waals surface area (Å²) in [6.45, 7) is 5.17. The van der Waals surface area contributed by atoms with Crippen molar-refractivity contribution in [1.29, 1.82) is 0 Å². The Bertz CT molecular complexity index is 809. The molecule has 7 heteroatoms. The highest BCUT2D eigenvalue weighted by Crippen LogP contribution is 2.47. The van der Waals surface area contributed by atoms with Gasteiger partial charge in [0.25, 0.3) is 0 Å².